The Morgan fingerprint density at radius 3 is 1.97 bits per heavy atom. The molecule has 1 heteroatoms. The minimum Gasteiger partial charge on any atom is -0.310 e. The molecular formula is C58H55N. The van der Waals surface area contributed by atoms with Gasteiger partial charge in [0, 0.05) is 28.4 Å². The highest BCUT2D eigenvalue weighted by Crippen LogP contribution is 2.90. The molecule has 59 heavy (non-hydrogen) atoms. The number of hydrogen-bond acceptors (Lipinski definition) is 1. The molecule has 7 aliphatic rings. The average Bonchev–Trinajstić information content (AvgIpc) is 3.90. The summed E-state index contributed by atoms with van der Waals surface area (Å²) >= 11 is 0. The van der Waals surface area contributed by atoms with Crippen LogP contribution >= 0.6 is 0 Å². The molecule has 0 aromatic heterocycles. The fraction of sp³-hybridized carbons (Fsp3) is 0.345. The Hall–Kier alpha value is -5.14. The van der Waals surface area contributed by atoms with Crippen LogP contribution in [-0.4, -0.2) is 0 Å². The molecule has 0 heterocycles. The van der Waals surface area contributed by atoms with Gasteiger partial charge in [-0.15, -0.1) is 0 Å². The van der Waals surface area contributed by atoms with Crippen LogP contribution in [-0.2, 0) is 16.2 Å². The lowest BCUT2D eigenvalue weighted by atomic mass is 9.26. The van der Waals surface area contributed by atoms with Gasteiger partial charge in [0.2, 0.25) is 0 Å². The fourth-order valence-corrected chi connectivity index (χ4v) is 15.4. The van der Waals surface area contributed by atoms with Crippen LogP contribution in [0.15, 0.2) is 152 Å². The third kappa shape index (κ3) is 4.42. The first-order chi connectivity index (χ1) is 28.7. The van der Waals surface area contributed by atoms with Crippen LogP contribution < -0.4 is 4.90 Å². The molecule has 2 bridgehead atoms. The summed E-state index contributed by atoms with van der Waals surface area (Å²) in [6.45, 7) is 9.74. The number of benzene rings is 6. The maximum absolute atomic E-state index is 2.63. The molecule has 8 atom stereocenters. The molecule has 0 saturated heterocycles. The Kier molecular flexibility index (Phi) is 6.93. The number of allylic oxidation sites excluding steroid dienone is 4. The highest BCUT2D eigenvalue weighted by atomic mass is 15.1. The zero-order chi connectivity index (χ0) is 39.5. The van der Waals surface area contributed by atoms with Crippen molar-refractivity contribution in [1.82, 2.24) is 0 Å². The summed E-state index contributed by atoms with van der Waals surface area (Å²) in [4.78, 5) is 2.50. The van der Waals surface area contributed by atoms with Gasteiger partial charge >= 0.3 is 0 Å². The van der Waals surface area contributed by atoms with E-state index in [2.05, 4.69) is 184 Å². The lowest BCUT2D eigenvalue weighted by molar-refractivity contribution is -0.259. The zero-order valence-electron chi connectivity index (χ0n) is 35.1. The molecular weight excluding hydrogens is 711 g/mol. The van der Waals surface area contributed by atoms with Gasteiger partial charge in [-0.05, 0) is 176 Å². The molecule has 6 aromatic carbocycles. The number of nitrogens with zero attached hydrogens (tertiary/aromatic N) is 1. The second-order valence-corrected chi connectivity index (χ2v) is 21.2. The van der Waals surface area contributed by atoms with Gasteiger partial charge in [-0.1, -0.05) is 143 Å². The normalized spacial score (nSPS) is 31.6. The molecule has 0 radical (unpaired) electrons. The van der Waals surface area contributed by atoms with Crippen LogP contribution in [0.5, 0.6) is 0 Å². The summed E-state index contributed by atoms with van der Waals surface area (Å²) in [5.41, 5.74) is 16.6. The third-order valence-corrected chi connectivity index (χ3v) is 17.9. The number of anilines is 3. The molecule has 13 rings (SSSR count). The Balaban J connectivity index is 0.918. The predicted molar refractivity (Wildman–Crippen MR) is 246 cm³/mol. The first kappa shape index (κ1) is 34.7. The number of hydrogen-bond donors (Lipinski definition) is 0. The Bertz CT molecular complexity index is 2770. The Morgan fingerprint density at radius 2 is 1.19 bits per heavy atom. The average molecular weight is 766 g/mol. The molecule has 1 nitrogen and oxygen atoms in total. The van der Waals surface area contributed by atoms with E-state index >= 15 is 0 Å². The fourth-order valence-electron chi connectivity index (χ4n) is 15.4. The molecule has 0 aliphatic heterocycles. The monoisotopic (exact) mass is 765 g/mol. The molecule has 0 N–H and O–H groups in total. The van der Waals surface area contributed by atoms with E-state index in [1.54, 1.807) is 11.1 Å². The summed E-state index contributed by atoms with van der Waals surface area (Å²) in [5, 5.41) is 2.57. The highest BCUT2D eigenvalue weighted by molar-refractivity contribution is 5.97. The summed E-state index contributed by atoms with van der Waals surface area (Å²) in [6, 6.07) is 49.1. The van der Waals surface area contributed by atoms with Gasteiger partial charge in [0.25, 0.3) is 0 Å². The van der Waals surface area contributed by atoms with Crippen LogP contribution in [0.25, 0.3) is 33.0 Å². The summed E-state index contributed by atoms with van der Waals surface area (Å²) in [6.07, 6.45) is 18.3. The van der Waals surface area contributed by atoms with E-state index in [1.165, 1.54) is 99.7 Å². The maximum atomic E-state index is 2.63. The molecule has 6 aromatic rings. The van der Waals surface area contributed by atoms with Crippen LogP contribution in [0.2, 0.25) is 0 Å². The molecule has 2 spiro atoms. The minimum absolute atomic E-state index is 0.124. The van der Waals surface area contributed by atoms with Gasteiger partial charge < -0.3 is 4.90 Å². The van der Waals surface area contributed by atoms with E-state index in [1.807, 2.05) is 0 Å². The van der Waals surface area contributed by atoms with Gasteiger partial charge in [0.15, 0.2) is 0 Å². The van der Waals surface area contributed by atoms with Gasteiger partial charge in [-0.2, -0.15) is 0 Å². The lowest BCUT2D eigenvalue weighted by Crippen LogP contribution is -2.75. The number of rotatable bonds is 5. The van der Waals surface area contributed by atoms with E-state index < -0.39 is 0 Å². The van der Waals surface area contributed by atoms with Crippen molar-refractivity contribution in [3.8, 4) is 22.3 Å². The second kappa shape index (κ2) is 11.8. The second-order valence-electron chi connectivity index (χ2n) is 21.2. The molecule has 7 aliphatic carbocycles. The van der Waals surface area contributed by atoms with Crippen LogP contribution in [0, 0.1) is 35.0 Å². The molecule has 8 unspecified atom stereocenters. The van der Waals surface area contributed by atoms with Crippen molar-refractivity contribution in [1.29, 1.82) is 0 Å². The van der Waals surface area contributed by atoms with Crippen LogP contribution in [0.4, 0.5) is 17.1 Å². The van der Waals surface area contributed by atoms with Gasteiger partial charge in [0.1, 0.15) is 0 Å². The first-order valence-electron chi connectivity index (χ1n) is 22.8. The van der Waals surface area contributed by atoms with Crippen LogP contribution in [0.3, 0.4) is 0 Å². The van der Waals surface area contributed by atoms with Gasteiger partial charge in [-0.3, -0.25) is 0 Å². The lowest BCUT2D eigenvalue weighted by Gasteiger charge is -2.78. The molecule has 292 valence electrons. The first-order valence-corrected chi connectivity index (χ1v) is 22.8. The minimum atomic E-state index is 0.124. The smallest absolute Gasteiger partial charge is 0.0464 e. The molecule has 4 fully saturated rings. The van der Waals surface area contributed by atoms with Gasteiger partial charge in [0.05, 0.1) is 0 Å². The summed E-state index contributed by atoms with van der Waals surface area (Å²) in [5.74, 6) is 4.85. The largest absolute Gasteiger partial charge is 0.310 e. The van der Waals surface area contributed by atoms with Crippen molar-refractivity contribution in [2.45, 2.75) is 88.4 Å². The predicted octanol–water partition coefficient (Wildman–Crippen LogP) is 15.1. The maximum Gasteiger partial charge on any atom is 0.0464 e. The Labute approximate surface area is 350 Å². The topological polar surface area (TPSA) is 3.24 Å². The van der Waals surface area contributed by atoms with Crippen molar-refractivity contribution >= 4 is 27.8 Å². The standard InChI is InChI=1S/C58H55N/c1-55(2)29-30-56(3,4)51-34-43(27-28-49(51)55)59(41-23-19-38(20-24-41)45-15-9-12-37-11-5-6-13-44(37)45)42-25-21-39(22-26-42)46-16-10-18-50-54(46)47-14-7-8-17-48(47)58(50)52-32-36-31-40-33-53(58)57(40,52)35-36/h5-28,34,36,40,47-48,52-53H,29-33,35H2,1-4H3. The van der Waals surface area contributed by atoms with E-state index in [4.69, 9.17) is 0 Å². The van der Waals surface area contributed by atoms with Crippen molar-refractivity contribution in [3.63, 3.8) is 0 Å². The zero-order valence-corrected chi connectivity index (χ0v) is 35.1. The van der Waals surface area contributed by atoms with Crippen molar-refractivity contribution < 1.29 is 0 Å². The van der Waals surface area contributed by atoms with E-state index in [9.17, 15) is 0 Å². The highest BCUT2D eigenvalue weighted by Gasteiger charge is 2.85. The van der Waals surface area contributed by atoms with Crippen molar-refractivity contribution in [2.75, 3.05) is 4.90 Å². The molecule has 4 saturated carbocycles. The SMILES string of the molecule is CC1(C)CCC(C)(C)c2cc(N(c3ccc(-c4cccc5c4C4C=CC=CC4C54C5CC6CC7CC4C75C6)cc3)c3ccc(-c4cccc5ccccc45)cc3)ccc21. The van der Waals surface area contributed by atoms with E-state index in [0.29, 0.717) is 22.7 Å². The Morgan fingerprint density at radius 1 is 0.542 bits per heavy atom. The summed E-state index contributed by atoms with van der Waals surface area (Å²) < 4.78 is 0. The number of fused-ring (bicyclic) bond motifs is 10. The summed E-state index contributed by atoms with van der Waals surface area (Å²) in [7, 11) is 0. The van der Waals surface area contributed by atoms with Crippen molar-refractivity contribution in [3.05, 3.63) is 174 Å². The third-order valence-electron chi connectivity index (χ3n) is 17.9. The van der Waals surface area contributed by atoms with Crippen LogP contribution in [0.1, 0.15) is 94.4 Å². The van der Waals surface area contributed by atoms with Crippen molar-refractivity contribution in [2.24, 2.45) is 35.0 Å². The molecule has 0 amide bonds. The van der Waals surface area contributed by atoms with E-state index in [-0.39, 0.29) is 10.8 Å². The van der Waals surface area contributed by atoms with Gasteiger partial charge in [-0.25, -0.2) is 0 Å². The quantitative estimate of drug-likeness (QED) is 0.169. The van der Waals surface area contributed by atoms with E-state index in [0.717, 1.165) is 23.7 Å².